The van der Waals surface area contributed by atoms with Crippen LogP contribution in [0.25, 0.3) is 0 Å². The normalized spacial score (nSPS) is 10.3. The summed E-state index contributed by atoms with van der Waals surface area (Å²) < 4.78 is 0.973. The molecule has 0 aliphatic carbocycles. The number of nitrogens with two attached hydrogens (primary N) is 1. The van der Waals surface area contributed by atoms with Crippen molar-refractivity contribution in [2.24, 2.45) is 5.73 Å². The lowest BCUT2D eigenvalue weighted by Crippen LogP contribution is -2.12. The highest BCUT2D eigenvalue weighted by atomic mass is 79.9. The van der Waals surface area contributed by atoms with Crippen LogP contribution in [0.5, 0.6) is 0 Å². The van der Waals surface area contributed by atoms with Crippen molar-refractivity contribution >= 4 is 44.5 Å². The van der Waals surface area contributed by atoms with E-state index >= 15 is 0 Å². The second-order valence-corrected chi connectivity index (χ2v) is 5.72. The molecule has 0 heterocycles. The van der Waals surface area contributed by atoms with Crippen LogP contribution in [0.15, 0.2) is 46.9 Å². The summed E-state index contributed by atoms with van der Waals surface area (Å²) in [7, 11) is 2.03. The van der Waals surface area contributed by atoms with E-state index in [1.807, 2.05) is 25.2 Å². The maximum Gasteiger partial charge on any atom is 0.104 e. The molecule has 0 unspecified atom stereocenters. The molecule has 0 aromatic heterocycles. The Kier molecular flexibility index (Phi) is 4.22. The third kappa shape index (κ3) is 3.14. The first kappa shape index (κ1) is 14.0. The van der Waals surface area contributed by atoms with E-state index in [1.54, 1.807) is 0 Å². The van der Waals surface area contributed by atoms with Crippen LogP contribution in [0.3, 0.4) is 0 Å². The molecule has 0 radical (unpaired) electrons. The molecule has 4 heteroatoms. The lowest BCUT2D eigenvalue weighted by molar-refractivity contribution is 1.19. The highest BCUT2D eigenvalue weighted by Crippen LogP contribution is 2.31. The van der Waals surface area contributed by atoms with E-state index in [4.69, 9.17) is 18.0 Å². The van der Waals surface area contributed by atoms with E-state index < -0.39 is 0 Å². The average molecular weight is 335 g/mol. The molecule has 98 valence electrons. The number of hydrogen-bond acceptors (Lipinski definition) is 2. The van der Waals surface area contributed by atoms with Crippen LogP contribution in [-0.2, 0) is 0 Å². The number of hydrogen-bond donors (Lipinski definition) is 1. The van der Waals surface area contributed by atoms with Crippen molar-refractivity contribution in [3.63, 3.8) is 0 Å². The second-order valence-electron chi connectivity index (χ2n) is 4.43. The van der Waals surface area contributed by atoms with E-state index in [0.29, 0.717) is 4.99 Å². The second kappa shape index (κ2) is 5.72. The SMILES string of the molecule is Cc1ccc(N(C)c2ccc(C(N)=S)cc2Br)cc1. The van der Waals surface area contributed by atoms with Crippen LogP contribution in [-0.4, -0.2) is 12.0 Å². The summed E-state index contributed by atoms with van der Waals surface area (Å²) in [5, 5.41) is 0. The molecular formula is C15H15BrN2S. The molecular weight excluding hydrogens is 320 g/mol. The predicted octanol–water partition coefficient (Wildman–Crippen LogP) is 4.16. The minimum atomic E-state index is 0.408. The van der Waals surface area contributed by atoms with Crippen molar-refractivity contribution in [2.75, 3.05) is 11.9 Å². The standard InChI is InChI=1S/C15H15BrN2S/c1-10-3-6-12(7-4-10)18(2)14-8-5-11(15(17)19)9-13(14)16/h3-9H,1-2H3,(H2,17,19). The van der Waals surface area contributed by atoms with E-state index in [0.717, 1.165) is 21.4 Å². The zero-order valence-electron chi connectivity index (χ0n) is 10.9. The Balaban J connectivity index is 2.36. The van der Waals surface area contributed by atoms with Gasteiger partial charge in [-0.1, -0.05) is 29.9 Å². The number of nitrogens with zero attached hydrogens (tertiary/aromatic N) is 1. The zero-order valence-corrected chi connectivity index (χ0v) is 13.3. The number of rotatable bonds is 3. The molecule has 0 fully saturated rings. The lowest BCUT2D eigenvalue weighted by Gasteiger charge is -2.21. The molecule has 0 amide bonds. The molecule has 0 spiro atoms. The molecule has 0 bridgehead atoms. The van der Waals surface area contributed by atoms with Crippen molar-refractivity contribution < 1.29 is 0 Å². The number of aryl methyl sites for hydroxylation is 1. The largest absolute Gasteiger partial charge is 0.389 e. The summed E-state index contributed by atoms with van der Waals surface area (Å²) in [4.78, 5) is 2.53. The number of halogens is 1. The first-order valence-electron chi connectivity index (χ1n) is 5.89. The topological polar surface area (TPSA) is 29.3 Å². The Morgan fingerprint density at radius 1 is 1.16 bits per heavy atom. The molecule has 19 heavy (non-hydrogen) atoms. The van der Waals surface area contributed by atoms with E-state index in [9.17, 15) is 0 Å². The van der Waals surface area contributed by atoms with Crippen molar-refractivity contribution in [2.45, 2.75) is 6.92 Å². The Bertz CT molecular complexity index is 608. The van der Waals surface area contributed by atoms with Crippen molar-refractivity contribution in [1.29, 1.82) is 0 Å². The minimum Gasteiger partial charge on any atom is -0.389 e. The van der Waals surface area contributed by atoms with Gasteiger partial charge in [0.1, 0.15) is 4.99 Å². The summed E-state index contributed by atoms with van der Waals surface area (Å²) >= 11 is 8.55. The summed E-state index contributed by atoms with van der Waals surface area (Å²) in [6.07, 6.45) is 0. The Morgan fingerprint density at radius 2 is 1.79 bits per heavy atom. The summed E-state index contributed by atoms with van der Waals surface area (Å²) in [6.45, 7) is 2.08. The lowest BCUT2D eigenvalue weighted by atomic mass is 10.1. The van der Waals surface area contributed by atoms with E-state index in [1.165, 1.54) is 5.56 Å². The molecule has 2 aromatic rings. The van der Waals surface area contributed by atoms with E-state index in [-0.39, 0.29) is 0 Å². The van der Waals surface area contributed by atoms with Crippen LogP contribution in [0.1, 0.15) is 11.1 Å². The van der Waals surface area contributed by atoms with Gasteiger partial charge in [0.2, 0.25) is 0 Å². The van der Waals surface area contributed by atoms with Crippen LogP contribution in [0, 0.1) is 6.92 Å². The fourth-order valence-corrected chi connectivity index (χ4v) is 2.61. The molecule has 0 saturated heterocycles. The van der Waals surface area contributed by atoms with Gasteiger partial charge in [0.15, 0.2) is 0 Å². The van der Waals surface area contributed by atoms with Crippen molar-refractivity contribution in [1.82, 2.24) is 0 Å². The van der Waals surface area contributed by atoms with Gasteiger partial charge in [-0.25, -0.2) is 0 Å². The monoisotopic (exact) mass is 334 g/mol. The van der Waals surface area contributed by atoms with Gasteiger partial charge in [0.05, 0.1) is 5.69 Å². The maximum absolute atomic E-state index is 5.63. The van der Waals surface area contributed by atoms with Crippen LogP contribution >= 0.6 is 28.1 Å². The summed E-state index contributed by atoms with van der Waals surface area (Å²) in [5.41, 5.74) is 9.95. The smallest absolute Gasteiger partial charge is 0.104 e. The molecule has 2 aromatic carbocycles. The molecule has 2 nitrogen and oxygen atoms in total. The fraction of sp³-hybridized carbons (Fsp3) is 0.133. The molecule has 2 N–H and O–H groups in total. The third-order valence-electron chi connectivity index (χ3n) is 3.01. The van der Waals surface area contributed by atoms with Gasteiger partial charge in [0.25, 0.3) is 0 Å². The predicted molar refractivity (Wildman–Crippen MR) is 89.3 cm³/mol. The fourth-order valence-electron chi connectivity index (χ4n) is 1.84. The molecule has 0 atom stereocenters. The quantitative estimate of drug-likeness (QED) is 0.854. The van der Waals surface area contributed by atoms with Gasteiger partial charge >= 0.3 is 0 Å². The Labute approximate surface area is 127 Å². The van der Waals surface area contributed by atoms with Gasteiger partial charge < -0.3 is 10.6 Å². The van der Waals surface area contributed by atoms with Gasteiger partial charge in [-0.3, -0.25) is 0 Å². The third-order valence-corrected chi connectivity index (χ3v) is 3.89. The molecule has 0 aliphatic heterocycles. The zero-order chi connectivity index (χ0) is 14.0. The minimum absolute atomic E-state index is 0.408. The summed E-state index contributed by atoms with van der Waals surface area (Å²) in [5.74, 6) is 0. The average Bonchev–Trinajstić information content (AvgIpc) is 2.38. The Hall–Kier alpha value is -1.39. The highest BCUT2D eigenvalue weighted by Gasteiger charge is 2.09. The highest BCUT2D eigenvalue weighted by molar-refractivity contribution is 9.10. The van der Waals surface area contributed by atoms with Gasteiger partial charge in [-0.2, -0.15) is 0 Å². The number of thiocarbonyl (C=S) groups is 1. The van der Waals surface area contributed by atoms with Crippen LogP contribution < -0.4 is 10.6 Å². The van der Waals surface area contributed by atoms with Gasteiger partial charge in [0, 0.05) is 22.8 Å². The van der Waals surface area contributed by atoms with Crippen molar-refractivity contribution in [3.05, 3.63) is 58.1 Å². The molecule has 0 saturated carbocycles. The number of anilines is 2. The van der Waals surface area contributed by atoms with Crippen molar-refractivity contribution in [3.8, 4) is 0 Å². The summed E-state index contributed by atoms with van der Waals surface area (Å²) in [6, 6.07) is 14.3. The maximum atomic E-state index is 5.63. The van der Waals surface area contributed by atoms with E-state index in [2.05, 4.69) is 52.0 Å². The first-order chi connectivity index (χ1) is 8.99. The Morgan fingerprint density at radius 3 is 2.32 bits per heavy atom. The van der Waals surface area contributed by atoms with Gasteiger partial charge in [-0.05, 0) is 53.2 Å². The number of benzene rings is 2. The molecule has 0 aliphatic rings. The molecule has 2 rings (SSSR count). The van der Waals surface area contributed by atoms with Crippen LogP contribution in [0.2, 0.25) is 0 Å². The van der Waals surface area contributed by atoms with Crippen LogP contribution in [0.4, 0.5) is 11.4 Å². The van der Waals surface area contributed by atoms with Gasteiger partial charge in [-0.15, -0.1) is 0 Å². The first-order valence-corrected chi connectivity index (χ1v) is 7.09.